The Morgan fingerprint density at radius 1 is 1.43 bits per heavy atom. The number of aromatic nitrogens is 2. The molecule has 14 heavy (non-hydrogen) atoms. The average molecular weight is 212 g/mol. The molecule has 0 saturated carbocycles. The van der Waals surface area contributed by atoms with Crippen molar-refractivity contribution in [2.24, 2.45) is 0 Å². The minimum atomic E-state index is -0.0568. The summed E-state index contributed by atoms with van der Waals surface area (Å²) in [6.07, 6.45) is 2.20. The van der Waals surface area contributed by atoms with Crippen molar-refractivity contribution in [2.75, 3.05) is 18.4 Å². The fourth-order valence-electron chi connectivity index (χ4n) is 1.44. The van der Waals surface area contributed by atoms with Crippen LogP contribution in [-0.2, 0) is 0 Å². The Morgan fingerprint density at radius 2 is 2.14 bits per heavy atom. The summed E-state index contributed by atoms with van der Waals surface area (Å²) in [5.41, 5.74) is 0. The summed E-state index contributed by atoms with van der Waals surface area (Å²) >= 11 is 1.39. The maximum Gasteiger partial charge on any atom is 0.323 e. The first-order valence-electron chi connectivity index (χ1n) is 4.62. The van der Waals surface area contributed by atoms with Crippen LogP contribution in [-0.4, -0.2) is 34.2 Å². The van der Waals surface area contributed by atoms with Crippen molar-refractivity contribution < 1.29 is 4.79 Å². The number of aryl methyl sites for hydroxylation is 1. The highest BCUT2D eigenvalue weighted by atomic mass is 32.1. The first-order valence-corrected chi connectivity index (χ1v) is 5.43. The predicted octanol–water partition coefficient (Wildman–Crippen LogP) is 1.47. The summed E-state index contributed by atoms with van der Waals surface area (Å²) in [6.45, 7) is 3.57. The molecule has 1 aliphatic heterocycles. The zero-order chi connectivity index (χ0) is 9.97. The highest BCUT2D eigenvalue weighted by Crippen LogP contribution is 2.15. The molecule has 0 unspecified atom stereocenters. The molecule has 1 fully saturated rings. The maximum absolute atomic E-state index is 11.6. The quantitative estimate of drug-likeness (QED) is 0.767. The molecule has 2 rings (SSSR count). The standard InChI is InChI=1S/C8H12N4OS/c1-6-10-11-7(14-6)9-8(13)12-4-2-3-5-12/h2-5H2,1H3,(H,9,11,13). The number of urea groups is 1. The number of rotatable bonds is 1. The predicted molar refractivity (Wildman–Crippen MR) is 54.5 cm³/mol. The number of nitrogens with zero attached hydrogens (tertiary/aromatic N) is 3. The molecule has 1 aromatic heterocycles. The van der Waals surface area contributed by atoms with E-state index in [1.165, 1.54) is 11.3 Å². The molecule has 5 nitrogen and oxygen atoms in total. The monoisotopic (exact) mass is 212 g/mol. The molecule has 0 radical (unpaired) electrons. The zero-order valence-corrected chi connectivity index (χ0v) is 8.80. The van der Waals surface area contributed by atoms with E-state index in [4.69, 9.17) is 0 Å². The van der Waals surface area contributed by atoms with Crippen LogP contribution in [0.1, 0.15) is 17.8 Å². The van der Waals surface area contributed by atoms with Gasteiger partial charge in [-0.2, -0.15) is 0 Å². The molecular weight excluding hydrogens is 200 g/mol. The Kier molecular flexibility index (Phi) is 2.62. The van der Waals surface area contributed by atoms with Crippen molar-refractivity contribution in [1.82, 2.24) is 15.1 Å². The number of amides is 2. The van der Waals surface area contributed by atoms with Crippen molar-refractivity contribution in [3.8, 4) is 0 Å². The molecule has 1 aromatic rings. The molecule has 2 heterocycles. The second kappa shape index (κ2) is 3.91. The van der Waals surface area contributed by atoms with E-state index in [0.29, 0.717) is 5.13 Å². The topological polar surface area (TPSA) is 58.1 Å². The van der Waals surface area contributed by atoms with Gasteiger partial charge in [-0.05, 0) is 19.8 Å². The molecule has 0 atom stereocenters. The minimum Gasteiger partial charge on any atom is -0.324 e. The average Bonchev–Trinajstić information content (AvgIpc) is 2.75. The molecule has 0 spiro atoms. The van der Waals surface area contributed by atoms with Gasteiger partial charge in [0.15, 0.2) is 0 Å². The first-order chi connectivity index (χ1) is 6.75. The third kappa shape index (κ3) is 2.01. The minimum absolute atomic E-state index is 0.0568. The molecule has 6 heteroatoms. The van der Waals surface area contributed by atoms with Crippen molar-refractivity contribution in [3.05, 3.63) is 5.01 Å². The molecular formula is C8H12N4OS. The van der Waals surface area contributed by atoms with Crippen molar-refractivity contribution in [2.45, 2.75) is 19.8 Å². The number of carbonyl (C=O) groups excluding carboxylic acids is 1. The number of nitrogens with one attached hydrogen (secondary N) is 1. The van der Waals surface area contributed by atoms with Gasteiger partial charge in [0, 0.05) is 13.1 Å². The fraction of sp³-hybridized carbons (Fsp3) is 0.625. The molecule has 1 saturated heterocycles. The summed E-state index contributed by atoms with van der Waals surface area (Å²) < 4.78 is 0. The van der Waals surface area contributed by atoms with Crippen LogP contribution in [0.3, 0.4) is 0 Å². The van der Waals surface area contributed by atoms with E-state index in [2.05, 4.69) is 15.5 Å². The van der Waals surface area contributed by atoms with Gasteiger partial charge in [-0.15, -0.1) is 10.2 Å². The van der Waals surface area contributed by atoms with E-state index in [1.807, 2.05) is 6.92 Å². The van der Waals surface area contributed by atoms with Gasteiger partial charge in [0.25, 0.3) is 0 Å². The van der Waals surface area contributed by atoms with Crippen molar-refractivity contribution in [1.29, 1.82) is 0 Å². The van der Waals surface area contributed by atoms with Crippen LogP contribution in [0.2, 0.25) is 0 Å². The van der Waals surface area contributed by atoms with Crippen molar-refractivity contribution in [3.63, 3.8) is 0 Å². The number of hydrogen-bond acceptors (Lipinski definition) is 4. The molecule has 2 amide bonds. The van der Waals surface area contributed by atoms with Gasteiger partial charge < -0.3 is 4.90 Å². The third-order valence-corrected chi connectivity index (χ3v) is 2.89. The zero-order valence-electron chi connectivity index (χ0n) is 7.99. The Bertz CT molecular complexity index is 332. The molecule has 1 aliphatic rings. The van der Waals surface area contributed by atoms with Gasteiger partial charge in [-0.3, -0.25) is 5.32 Å². The molecule has 1 N–H and O–H groups in total. The van der Waals surface area contributed by atoms with Gasteiger partial charge in [0.05, 0.1) is 0 Å². The molecule has 0 aromatic carbocycles. The van der Waals surface area contributed by atoms with Gasteiger partial charge in [0.2, 0.25) is 5.13 Å². The first kappa shape index (κ1) is 9.39. The third-order valence-electron chi connectivity index (χ3n) is 2.13. The maximum atomic E-state index is 11.6. The smallest absolute Gasteiger partial charge is 0.323 e. The van der Waals surface area contributed by atoms with E-state index < -0.39 is 0 Å². The number of likely N-dealkylation sites (tertiary alicyclic amines) is 1. The second-order valence-electron chi connectivity index (χ2n) is 3.25. The van der Waals surface area contributed by atoms with Gasteiger partial charge in [-0.25, -0.2) is 4.79 Å². The van der Waals surface area contributed by atoms with E-state index in [9.17, 15) is 4.79 Å². The van der Waals surface area contributed by atoms with E-state index in [1.54, 1.807) is 4.90 Å². The van der Waals surface area contributed by atoms with E-state index >= 15 is 0 Å². The second-order valence-corrected chi connectivity index (χ2v) is 4.43. The normalized spacial score (nSPS) is 15.9. The lowest BCUT2D eigenvalue weighted by Crippen LogP contribution is -2.32. The van der Waals surface area contributed by atoms with Crippen LogP contribution in [0.5, 0.6) is 0 Å². The Hall–Kier alpha value is -1.17. The largest absolute Gasteiger partial charge is 0.324 e. The number of carbonyl (C=O) groups is 1. The van der Waals surface area contributed by atoms with E-state index in [-0.39, 0.29) is 6.03 Å². The Balaban J connectivity index is 1.93. The van der Waals surface area contributed by atoms with E-state index in [0.717, 1.165) is 30.9 Å². The lowest BCUT2D eigenvalue weighted by molar-refractivity contribution is 0.222. The summed E-state index contributed by atoms with van der Waals surface area (Å²) in [6, 6.07) is -0.0568. The highest BCUT2D eigenvalue weighted by molar-refractivity contribution is 7.15. The van der Waals surface area contributed by atoms with Crippen LogP contribution in [0.4, 0.5) is 9.93 Å². The van der Waals surface area contributed by atoms with Gasteiger partial charge >= 0.3 is 6.03 Å². The summed E-state index contributed by atoms with van der Waals surface area (Å²) in [5, 5.41) is 11.9. The Labute approximate surface area is 86.1 Å². The molecule has 76 valence electrons. The van der Waals surface area contributed by atoms with Gasteiger partial charge in [-0.1, -0.05) is 11.3 Å². The highest BCUT2D eigenvalue weighted by Gasteiger charge is 2.18. The van der Waals surface area contributed by atoms with Crippen LogP contribution in [0.15, 0.2) is 0 Å². The van der Waals surface area contributed by atoms with Crippen LogP contribution >= 0.6 is 11.3 Å². The number of anilines is 1. The summed E-state index contributed by atoms with van der Waals surface area (Å²) in [7, 11) is 0. The number of hydrogen-bond donors (Lipinski definition) is 1. The summed E-state index contributed by atoms with van der Waals surface area (Å²) in [4.78, 5) is 13.4. The lowest BCUT2D eigenvalue weighted by atomic mass is 10.4. The summed E-state index contributed by atoms with van der Waals surface area (Å²) in [5.74, 6) is 0. The molecule has 0 bridgehead atoms. The lowest BCUT2D eigenvalue weighted by Gasteiger charge is -2.14. The van der Waals surface area contributed by atoms with Gasteiger partial charge in [0.1, 0.15) is 5.01 Å². The van der Waals surface area contributed by atoms with Crippen LogP contribution in [0, 0.1) is 6.92 Å². The van der Waals surface area contributed by atoms with Crippen LogP contribution in [0.25, 0.3) is 0 Å². The van der Waals surface area contributed by atoms with Crippen LogP contribution < -0.4 is 5.32 Å². The SMILES string of the molecule is Cc1nnc(NC(=O)N2CCCC2)s1. The Morgan fingerprint density at radius 3 is 2.71 bits per heavy atom. The fourth-order valence-corrected chi connectivity index (χ4v) is 2.02. The van der Waals surface area contributed by atoms with Crippen molar-refractivity contribution >= 4 is 22.5 Å². The molecule has 0 aliphatic carbocycles.